The summed E-state index contributed by atoms with van der Waals surface area (Å²) >= 11 is 1.44. The van der Waals surface area contributed by atoms with E-state index < -0.39 is 30.2 Å². The van der Waals surface area contributed by atoms with Crippen LogP contribution in [0.25, 0.3) is 0 Å². The van der Waals surface area contributed by atoms with E-state index in [1.54, 1.807) is 17.3 Å². The molecule has 2 N–H and O–H groups in total. The van der Waals surface area contributed by atoms with Gasteiger partial charge in [-0.3, -0.25) is 9.59 Å². The van der Waals surface area contributed by atoms with Crippen molar-refractivity contribution in [2.24, 2.45) is 0 Å². The number of rotatable bonds is 5. The van der Waals surface area contributed by atoms with Crippen LogP contribution in [0.5, 0.6) is 0 Å². The molecule has 3 amide bonds. The Kier molecular flexibility index (Phi) is 4.98. The Labute approximate surface area is 143 Å². The molecule has 2 aliphatic heterocycles. The normalized spacial score (nSPS) is 24.4. The van der Waals surface area contributed by atoms with E-state index in [0.29, 0.717) is 19.5 Å². The Morgan fingerprint density at radius 3 is 2.83 bits per heavy atom. The van der Waals surface area contributed by atoms with Gasteiger partial charge in [-0.15, -0.1) is 11.3 Å². The molecule has 2 saturated heterocycles. The van der Waals surface area contributed by atoms with Crippen molar-refractivity contribution in [2.75, 3.05) is 13.1 Å². The molecule has 24 heavy (non-hydrogen) atoms. The van der Waals surface area contributed by atoms with E-state index >= 15 is 0 Å². The Hall–Kier alpha value is -2.16. The molecular formula is C15H20N4O4S. The van der Waals surface area contributed by atoms with E-state index in [1.807, 2.05) is 5.38 Å². The van der Waals surface area contributed by atoms with Crippen LogP contribution in [-0.4, -0.2) is 59.1 Å². The molecule has 1 aromatic heterocycles. The summed E-state index contributed by atoms with van der Waals surface area (Å²) < 4.78 is 4.93. The molecule has 0 aliphatic carbocycles. The van der Waals surface area contributed by atoms with Crippen molar-refractivity contribution in [3.05, 3.63) is 16.6 Å². The smallest absolute Gasteiger partial charge is 0.408 e. The number of nitrogens with one attached hydrogen (secondary N) is 2. The molecule has 3 atom stereocenters. The average Bonchev–Trinajstić information content (AvgIpc) is 3.27. The molecule has 2 fully saturated rings. The van der Waals surface area contributed by atoms with Crippen LogP contribution < -0.4 is 10.6 Å². The third-order valence-electron chi connectivity index (χ3n) is 4.25. The summed E-state index contributed by atoms with van der Waals surface area (Å²) in [5.74, 6) is -0.520. The van der Waals surface area contributed by atoms with E-state index in [0.717, 1.165) is 18.5 Å². The van der Waals surface area contributed by atoms with Crippen LogP contribution >= 0.6 is 11.3 Å². The quantitative estimate of drug-likeness (QED) is 0.793. The molecule has 0 saturated carbocycles. The molecule has 3 rings (SSSR count). The maximum atomic E-state index is 12.7. The highest BCUT2D eigenvalue weighted by atomic mass is 32.1. The van der Waals surface area contributed by atoms with E-state index in [1.165, 1.54) is 11.3 Å². The van der Waals surface area contributed by atoms with Crippen molar-refractivity contribution in [3.63, 3.8) is 0 Å². The molecule has 1 unspecified atom stereocenters. The molecule has 0 aromatic carbocycles. The second kappa shape index (κ2) is 7.16. The minimum atomic E-state index is -0.790. The lowest BCUT2D eigenvalue weighted by atomic mass is 10.1. The largest absolute Gasteiger partial charge is 0.444 e. The van der Waals surface area contributed by atoms with Crippen molar-refractivity contribution in [3.8, 4) is 0 Å². The highest BCUT2D eigenvalue weighted by molar-refractivity contribution is 7.07. The summed E-state index contributed by atoms with van der Waals surface area (Å²) in [5.41, 5.74) is 2.46. The number of hydrogen-bond acceptors (Lipinski definition) is 6. The van der Waals surface area contributed by atoms with Crippen LogP contribution in [0.1, 0.15) is 25.5 Å². The third-order valence-corrected chi connectivity index (χ3v) is 4.88. The molecular weight excluding hydrogens is 332 g/mol. The Bertz CT molecular complexity index is 615. The summed E-state index contributed by atoms with van der Waals surface area (Å²) in [4.78, 5) is 42.4. The van der Waals surface area contributed by atoms with E-state index in [-0.39, 0.29) is 5.91 Å². The standard InChI is InChI=1S/C15H20N4O4S/c1-9-12(18-15(22)23-9)13(20)17-11(6-10-7-24-8-16-10)14(21)19-4-2-3-5-19/h7-9,11-12H,2-6H2,1H3,(H,17,20)(H,18,22)/t9-,11-,12?/m0/s1. The highest BCUT2D eigenvalue weighted by Gasteiger charge is 2.38. The Morgan fingerprint density at radius 1 is 1.50 bits per heavy atom. The summed E-state index contributed by atoms with van der Waals surface area (Å²) in [6.07, 6.45) is 1.10. The summed E-state index contributed by atoms with van der Waals surface area (Å²) in [6.45, 7) is 3.06. The summed E-state index contributed by atoms with van der Waals surface area (Å²) in [6, 6.07) is -1.48. The van der Waals surface area contributed by atoms with Gasteiger partial charge in [-0.25, -0.2) is 9.78 Å². The first-order valence-corrected chi connectivity index (χ1v) is 8.92. The van der Waals surface area contributed by atoms with Gasteiger partial charge in [0.05, 0.1) is 11.2 Å². The van der Waals surface area contributed by atoms with Gasteiger partial charge in [0, 0.05) is 24.9 Å². The van der Waals surface area contributed by atoms with Gasteiger partial charge < -0.3 is 20.3 Å². The number of aromatic nitrogens is 1. The minimum absolute atomic E-state index is 0.105. The second-order valence-corrected chi connectivity index (χ2v) is 6.73. The monoisotopic (exact) mass is 352 g/mol. The first-order chi connectivity index (χ1) is 11.5. The zero-order valence-electron chi connectivity index (χ0n) is 13.4. The van der Waals surface area contributed by atoms with Crippen molar-refractivity contribution in [1.29, 1.82) is 0 Å². The van der Waals surface area contributed by atoms with Gasteiger partial charge in [-0.2, -0.15) is 0 Å². The fourth-order valence-corrected chi connectivity index (χ4v) is 3.53. The SMILES string of the molecule is C[C@@H]1OC(=O)NC1C(=O)N[C@@H](Cc1cscn1)C(=O)N1CCCC1. The van der Waals surface area contributed by atoms with Crippen LogP contribution in [0.3, 0.4) is 0 Å². The first kappa shape index (κ1) is 16.7. The number of alkyl carbamates (subject to hydrolysis) is 1. The molecule has 0 bridgehead atoms. The summed E-state index contributed by atoms with van der Waals surface area (Å²) in [7, 11) is 0. The number of thiazole rings is 1. The molecule has 9 heteroatoms. The fraction of sp³-hybridized carbons (Fsp3) is 0.600. The number of hydrogen-bond donors (Lipinski definition) is 2. The molecule has 8 nitrogen and oxygen atoms in total. The highest BCUT2D eigenvalue weighted by Crippen LogP contribution is 2.14. The predicted molar refractivity (Wildman–Crippen MR) is 86.4 cm³/mol. The lowest BCUT2D eigenvalue weighted by Crippen LogP contribution is -2.54. The van der Waals surface area contributed by atoms with Gasteiger partial charge >= 0.3 is 6.09 Å². The van der Waals surface area contributed by atoms with E-state index in [4.69, 9.17) is 4.74 Å². The maximum Gasteiger partial charge on any atom is 0.408 e. The second-order valence-electron chi connectivity index (χ2n) is 6.01. The first-order valence-electron chi connectivity index (χ1n) is 7.98. The zero-order chi connectivity index (χ0) is 17.1. The van der Waals surface area contributed by atoms with Gasteiger partial charge in [-0.05, 0) is 19.8 Å². The molecule has 0 spiro atoms. The van der Waals surface area contributed by atoms with Gasteiger partial charge in [0.2, 0.25) is 11.8 Å². The predicted octanol–water partition coefficient (Wildman–Crippen LogP) is 0.290. The van der Waals surface area contributed by atoms with Crippen LogP contribution in [-0.2, 0) is 20.7 Å². The number of likely N-dealkylation sites (tertiary alicyclic amines) is 1. The lowest BCUT2D eigenvalue weighted by Gasteiger charge is -2.25. The maximum absolute atomic E-state index is 12.7. The van der Waals surface area contributed by atoms with Gasteiger partial charge in [0.25, 0.3) is 0 Å². The molecule has 130 valence electrons. The molecule has 2 aliphatic rings. The Balaban J connectivity index is 1.70. The van der Waals surface area contributed by atoms with E-state index in [9.17, 15) is 14.4 Å². The summed E-state index contributed by atoms with van der Waals surface area (Å²) in [5, 5.41) is 7.09. The Morgan fingerprint density at radius 2 is 2.25 bits per heavy atom. The van der Waals surface area contributed by atoms with Crippen LogP contribution in [0, 0.1) is 0 Å². The van der Waals surface area contributed by atoms with Crippen LogP contribution in [0.15, 0.2) is 10.9 Å². The third kappa shape index (κ3) is 3.66. The fourth-order valence-electron chi connectivity index (χ4n) is 2.96. The number of ether oxygens (including phenoxy) is 1. The van der Waals surface area contributed by atoms with Gasteiger partial charge in [0.15, 0.2) is 0 Å². The van der Waals surface area contributed by atoms with Crippen molar-refractivity contribution >= 4 is 29.2 Å². The molecule has 3 heterocycles. The van der Waals surface area contributed by atoms with Gasteiger partial charge in [-0.1, -0.05) is 0 Å². The van der Waals surface area contributed by atoms with Crippen molar-refractivity contribution in [2.45, 2.75) is 44.4 Å². The van der Waals surface area contributed by atoms with Crippen molar-refractivity contribution < 1.29 is 19.1 Å². The molecule has 0 radical (unpaired) electrons. The van der Waals surface area contributed by atoms with Crippen molar-refractivity contribution in [1.82, 2.24) is 20.5 Å². The zero-order valence-corrected chi connectivity index (χ0v) is 14.2. The van der Waals surface area contributed by atoms with E-state index in [2.05, 4.69) is 15.6 Å². The van der Waals surface area contributed by atoms with Gasteiger partial charge in [0.1, 0.15) is 18.2 Å². The lowest BCUT2D eigenvalue weighted by molar-refractivity contribution is -0.136. The van der Waals surface area contributed by atoms with Crippen LogP contribution in [0.4, 0.5) is 4.79 Å². The number of amides is 3. The van der Waals surface area contributed by atoms with Crippen LogP contribution in [0.2, 0.25) is 0 Å². The number of cyclic esters (lactones) is 1. The minimum Gasteiger partial charge on any atom is -0.444 e. The number of nitrogens with zero attached hydrogens (tertiary/aromatic N) is 2. The topological polar surface area (TPSA) is 101 Å². The average molecular weight is 352 g/mol. The number of carbonyl (C=O) groups excluding carboxylic acids is 3. The molecule has 1 aromatic rings. The number of carbonyl (C=O) groups is 3.